The fourth-order valence-electron chi connectivity index (χ4n) is 4.58. The number of hydrogen-bond donors (Lipinski definition) is 0. The van der Waals surface area contributed by atoms with E-state index in [4.69, 9.17) is 27.9 Å². The summed E-state index contributed by atoms with van der Waals surface area (Å²) >= 11 is -3.81. The summed E-state index contributed by atoms with van der Waals surface area (Å²) in [6, 6.07) is 33.1. The zero-order valence-corrected chi connectivity index (χ0v) is 24.8. The van der Waals surface area contributed by atoms with Crippen molar-refractivity contribution < 1.29 is 13.0 Å². The Balaban J connectivity index is 1.37. The normalized spacial score (nSPS) is 13.6. The molecule has 6 aromatic rings. The van der Waals surface area contributed by atoms with Crippen LogP contribution >= 0.6 is 0 Å². The van der Waals surface area contributed by atoms with Gasteiger partial charge < -0.3 is 0 Å². The summed E-state index contributed by atoms with van der Waals surface area (Å²) in [5.74, 6) is 2.29. The number of rotatable bonds is 2. The van der Waals surface area contributed by atoms with E-state index in [1.54, 1.807) is 12.4 Å². The van der Waals surface area contributed by atoms with Crippen LogP contribution in [0.15, 0.2) is 118 Å². The molecular weight excluding hydrogens is 605 g/mol. The van der Waals surface area contributed by atoms with Gasteiger partial charge in [0.2, 0.25) is 0 Å². The van der Waals surface area contributed by atoms with Crippen molar-refractivity contribution in [2.45, 2.75) is 6.92 Å². The van der Waals surface area contributed by atoms with E-state index in [9.17, 15) is 0 Å². The van der Waals surface area contributed by atoms with Crippen LogP contribution in [0.5, 0.6) is 17.2 Å². The molecule has 0 amide bonds. The summed E-state index contributed by atoms with van der Waals surface area (Å²) in [4.78, 5) is 14.2. The molecule has 0 atom stereocenters. The standard InChI is InChI=1S/C22H16N2O3.C10H9NO.In/c25-18-10-4-1-7-15(18)13-23-21-17-9-3-6-12-20(17)27-22(21)24-14-16-8-2-5-11-19(16)26;1-7-5-6-8-3-2-4-9(12)10(8)11-7;/h1-14,25-26H;2-6,12H,1H3;/q;;+3/p-3/b23-13?,24-14+;;. The quantitative estimate of drug-likeness (QED) is 0.197. The molecule has 8 heteroatoms. The summed E-state index contributed by atoms with van der Waals surface area (Å²) in [5.41, 5.74) is 4.60. The average molecular weight is 627 g/mol. The molecule has 2 aromatic heterocycles. The minimum absolute atomic E-state index is 0.415. The Labute approximate surface area is 239 Å². The number of nitrogens with zero attached hydrogens (tertiary/aromatic N) is 3. The molecule has 0 saturated heterocycles. The second-order valence-electron chi connectivity index (χ2n) is 9.27. The van der Waals surface area contributed by atoms with Crippen molar-refractivity contribution in [1.82, 2.24) is 4.98 Å². The van der Waals surface area contributed by atoms with E-state index in [0.29, 0.717) is 34.4 Å². The van der Waals surface area contributed by atoms with Crippen LogP contribution in [0.25, 0.3) is 21.9 Å². The number of aliphatic imine (C=N–C) groups is 2. The number of furan rings is 1. The number of aromatic nitrogens is 1. The van der Waals surface area contributed by atoms with E-state index in [0.717, 1.165) is 33.1 Å². The van der Waals surface area contributed by atoms with Crippen LogP contribution in [-0.2, 0) is 0 Å². The minimum atomic E-state index is -3.81. The fourth-order valence-corrected chi connectivity index (χ4v) is 8.53. The van der Waals surface area contributed by atoms with E-state index in [1.807, 2.05) is 110 Å². The summed E-state index contributed by atoms with van der Waals surface area (Å²) in [6.07, 6.45) is 3.49. The van der Waals surface area contributed by atoms with E-state index in [1.165, 1.54) is 0 Å². The monoisotopic (exact) mass is 627 g/mol. The molecule has 4 aromatic carbocycles. The van der Waals surface area contributed by atoms with Crippen molar-refractivity contribution in [3.05, 3.63) is 120 Å². The third-order valence-corrected chi connectivity index (χ3v) is 10.4. The van der Waals surface area contributed by atoms with Crippen LogP contribution in [0.4, 0.5) is 11.6 Å². The summed E-state index contributed by atoms with van der Waals surface area (Å²) in [6.45, 7) is 1.96. The third kappa shape index (κ3) is 4.82. The number of fused-ring (bicyclic) bond motifs is 6. The molecule has 0 bridgehead atoms. The third-order valence-electron chi connectivity index (χ3n) is 6.54. The summed E-state index contributed by atoms with van der Waals surface area (Å²) in [7, 11) is 0. The van der Waals surface area contributed by atoms with Gasteiger partial charge in [0.1, 0.15) is 0 Å². The van der Waals surface area contributed by atoms with Crippen molar-refractivity contribution in [2.24, 2.45) is 9.98 Å². The van der Waals surface area contributed by atoms with Gasteiger partial charge in [-0.2, -0.15) is 0 Å². The van der Waals surface area contributed by atoms with Gasteiger partial charge in [-0.15, -0.1) is 0 Å². The summed E-state index contributed by atoms with van der Waals surface area (Å²) in [5, 5.41) is 1.86. The van der Waals surface area contributed by atoms with Crippen molar-refractivity contribution in [3.8, 4) is 17.2 Å². The zero-order chi connectivity index (χ0) is 26.9. The van der Waals surface area contributed by atoms with Crippen molar-refractivity contribution in [3.63, 3.8) is 0 Å². The summed E-state index contributed by atoms with van der Waals surface area (Å²) < 4.78 is 25.8. The Morgan fingerprint density at radius 3 is 2.17 bits per heavy atom. The Bertz CT molecular complexity index is 1930. The Hall–Kier alpha value is -4.56. The molecule has 1 aliphatic heterocycles. The van der Waals surface area contributed by atoms with Crippen LogP contribution < -0.4 is 8.56 Å². The van der Waals surface area contributed by atoms with Gasteiger partial charge >= 0.3 is 241 Å². The Morgan fingerprint density at radius 1 is 0.675 bits per heavy atom. The second kappa shape index (κ2) is 10.5. The maximum atomic E-state index is 6.59. The van der Waals surface area contributed by atoms with Gasteiger partial charge in [-0.25, -0.2) is 0 Å². The van der Waals surface area contributed by atoms with E-state index >= 15 is 0 Å². The van der Waals surface area contributed by atoms with E-state index in [2.05, 4.69) is 0 Å². The number of para-hydroxylation sites is 4. The topological polar surface area (TPSA) is 78.4 Å². The molecular formula is C32H22InN3O4. The molecule has 0 unspecified atom stereocenters. The molecule has 0 aliphatic carbocycles. The number of pyridine rings is 1. The van der Waals surface area contributed by atoms with E-state index in [-0.39, 0.29) is 0 Å². The van der Waals surface area contributed by atoms with Crippen molar-refractivity contribution >= 4 is 68.6 Å². The number of benzene rings is 4. The van der Waals surface area contributed by atoms with Crippen LogP contribution in [0.2, 0.25) is 0 Å². The predicted molar refractivity (Wildman–Crippen MR) is 158 cm³/mol. The van der Waals surface area contributed by atoms with Gasteiger partial charge in [0.25, 0.3) is 0 Å². The van der Waals surface area contributed by atoms with Crippen LogP contribution in [-0.4, -0.2) is 40.2 Å². The van der Waals surface area contributed by atoms with Crippen LogP contribution in [0.1, 0.15) is 16.8 Å². The molecule has 3 heterocycles. The molecule has 0 radical (unpaired) electrons. The predicted octanol–water partition coefficient (Wildman–Crippen LogP) is 7.63. The van der Waals surface area contributed by atoms with Crippen LogP contribution in [0, 0.1) is 6.92 Å². The van der Waals surface area contributed by atoms with Gasteiger partial charge in [0, 0.05) is 0 Å². The second-order valence-corrected chi connectivity index (χ2v) is 12.9. The molecule has 0 spiro atoms. The molecule has 7 nitrogen and oxygen atoms in total. The first-order chi connectivity index (χ1) is 19.7. The number of aryl methyl sites for hydroxylation is 1. The first-order valence-corrected chi connectivity index (χ1v) is 16.9. The average Bonchev–Trinajstić information content (AvgIpc) is 3.33. The van der Waals surface area contributed by atoms with Crippen molar-refractivity contribution in [1.29, 1.82) is 0 Å². The first kappa shape index (κ1) is 24.5. The fraction of sp³-hybridized carbons (Fsp3) is 0.0312. The Kier molecular flexibility index (Phi) is 6.45. The zero-order valence-electron chi connectivity index (χ0n) is 21.5. The molecule has 40 heavy (non-hydrogen) atoms. The van der Waals surface area contributed by atoms with Gasteiger partial charge in [0.15, 0.2) is 0 Å². The maximum absolute atomic E-state index is 6.59. The Morgan fingerprint density at radius 2 is 1.38 bits per heavy atom. The van der Waals surface area contributed by atoms with Crippen molar-refractivity contribution in [2.75, 3.05) is 0 Å². The molecule has 0 fully saturated rings. The van der Waals surface area contributed by atoms with E-state index < -0.39 is 22.7 Å². The van der Waals surface area contributed by atoms with Gasteiger partial charge in [-0.3, -0.25) is 0 Å². The molecule has 0 N–H and O–H groups in total. The molecule has 1 aliphatic rings. The molecule has 192 valence electrons. The van der Waals surface area contributed by atoms with Gasteiger partial charge in [-0.1, -0.05) is 0 Å². The van der Waals surface area contributed by atoms with Gasteiger partial charge in [-0.05, 0) is 0 Å². The van der Waals surface area contributed by atoms with Crippen LogP contribution in [0.3, 0.4) is 0 Å². The number of hydrogen-bond acceptors (Lipinski definition) is 7. The SMILES string of the molecule is Cc1ccc2cccc([O][In]3[O]c4ccccc4C=Nc4c(oc5ccccc45)/N=C/c4ccccc4[O]3)c2n1. The first-order valence-electron chi connectivity index (χ1n) is 12.9. The molecule has 7 rings (SSSR count). The van der Waals surface area contributed by atoms with Gasteiger partial charge in [0.05, 0.1) is 0 Å². The molecule has 0 saturated carbocycles.